The zero-order chi connectivity index (χ0) is 12.4. The Bertz CT molecular complexity index is 405. The number of hydrogen-bond acceptors (Lipinski definition) is 4. The molecule has 2 unspecified atom stereocenters. The fourth-order valence-corrected chi connectivity index (χ4v) is 2.18. The first-order chi connectivity index (χ1) is 8.11. The molecule has 1 aromatic rings. The molecule has 0 bridgehead atoms. The van der Waals surface area contributed by atoms with E-state index in [2.05, 4.69) is 5.32 Å². The number of likely N-dealkylation sites (N-methyl/N-ethyl adjacent to an activating group) is 1. The molecule has 1 aliphatic heterocycles. The molecule has 4 N–H and O–H groups in total. The van der Waals surface area contributed by atoms with Crippen LogP contribution in [0.3, 0.4) is 0 Å². The van der Waals surface area contributed by atoms with Crippen LogP contribution in [0.4, 0.5) is 11.4 Å². The first-order valence-corrected chi connectivity index (χ1v) is 5.63. The molecule has 2 rings (SSSR count). The van der Waals surface area contributed by atoms with Crippen LogP contribution in [-0.4, -0.2) is 36.8 Å². The van der Waals surface area contributed by atoms with Gasteiger partial charge in [0.2, 0.25) is 5.91 Å². The minimum atomic E-state index is -0.463. The number of nitrogens with two attached hydrogens (primary N) is 1. The molecule has 1 saturated heterocycles. The minimum Gasteiger partial charge on any atom is -0.399 e. The Labute approximate surface area is 100 Å². The van der Waals surface area contributed by atoms with E-state index in [1.807, 2.05) is 17.0 Å². The number of carbonyl (C=O) groups is 1. The number of rotatable bonds is 2. The van der Waals surface area contributed by atoms with Crippen LogP contribution in [0.1, 0.15) is 6.42 Å². The second-order valence-electron chi connectivity index (χ2n) is 4.26. The highest BCUT2D eigenvalue weighted by Gasteiger charge is 2.35. The fraction of sp³-hybridized carbons (Fsp3) is 0.417. The van der Waals surface area contributed by atoms with Gasteiger partial charge < -0.3 is 21.1 Å². The molecule has 5 heteroatoms. The molecule has 1 fully saturated rings. The van der Waals surface area contributed by atoms with Gasteiger partial charge in [-0.3, -0.25) is 4.79 Å². The standard InChI is InChI=1S/C12H17N3O2/c1-14-12(17)11-6-10(16)7-15(11)9-4-2-8(13)3-5-9/h2-5,10-11,16H,6-7,13H2,1H3,(H,14,17). The van der Waals surface area contributed by atoms with Gasteiger partial charge in [-0.15, -0.1) is 0 Å². The van der Waals surface area contributed by atoms with Gasteiger partial charge in [0.1, 0.15) is 6.04 Å². The van der Waals surface area contributed by atoms with Crippen LogP contribution in [0.5, 0.6) is 0 Å². The average Bonchev–Trinajstić information content (AvgIpc) is 2.71. The number of benzene rings is 1. The molecule has 1 aliphatic rings. The van der Waals surface area contributed by atoms with Crippen molar-refractivity contribution >= 4 is 17.3 Å². The van der Waals surface area contributed by atoms with Crippen LogP contribution < -0.4 is 16.0 Å². The SMILES string of the molecule is CNC(=O)C1CC(O)CN1c1ccc(N)cc1. The van der Waals surface area contributed by atoms with Gasteiger partial charge in [0.15, 0.2) is 0 Å². The summed E-state index contributed by atoms with van der Waals surface area (Å²) >= 11 is 0. The van der Waals surface area contributed by atoms with Gasteiger partial charge in [-0.2, -0.15) is 0 Å². The minimum absolute atomic E-state index is 0.0709. The normalized spacial score (nSPS) is 23.8. The molecule has 0 aromatic heterocycles. The Balaban J connectivity index is 2.23. The Kier molecular flexibility index (Phi) is 3.19. The molecular weight excluding hydrogens is 218 g/mol. The van der Waals surface area contributed by atoms with E-state index < -0.39 is 6.10 Å². The molecule has 0 spiro atoms. The lowest BCUT2D eigenvalue weighted by Gasteiger charge is -2.25. The molecule has 2 atom stereocenters. The summed E-state index contributed by atoms with van der Waals surface area (Å²) in [6.45, 7) is 0.474. The molecule has 17 heavy (non-hydrogen) atoms. The lowest BCUT2D eigenvalue weighted by atomic mass is 10.1. The van der Waals surface area contributed by atoms with Gasteiger partial charge in [0.05, 0.1) is 6.10 Å². The van der Waals surface area contributed by atoms with E-state index in [1.54, 1.807) is 19.2 Å². The third kappa shape index (κ3) is 2.34. The Morgan fingerprint density at radius 2 is 2.12 bits per heavy atom. The van der Waals surface area contributed by atoms with E-state index in [-0.39, 0.29) is 11.9 Å². The first-order valence-electron chi connectivity index (χ1n) is 5.63. The first kappa shape index (κ1) is 11.7. The number of aliphatic hydroxyl groups excluding tert-OH is 1. The van der Waals surface area contributed by atoms with Crippen LogP contribution >= 0.6 is 0 Å². The number of aliphatic hydroxyl groups is 1. The number of nitrogen functional groups attached to an aromatic ring is 1. The van der Waals surface area contributed by atoms with Gasteiger partial charge in [-0.25, -0.2) is 0 Å². The third-order valence-electron chi connectivity index (χ3n) is 3.05. The van der Waals surface area contributed by atoms with Crippen LogP contribution in [0, 0.1) is 0 Å². The van der Waals surface area contributed by atoms with E-state index in [9.17, 15) is 9.90 Å². The molecule has 5 nitrogen and oxygen atoms in total. The number of amides is 1. The van der Waals surface area contributed by atoms with Crippen molar-refractivity contribution in [3.63, 3.8) is 0 Å². The molecule has 0 saturated carbocycles. The van der Waals surface area contributed by atoms with Crippen molar-refractivity contribution in [2.75, 3.05) is 24.2 Å². The summed E-state index contributed by atoms with van der Waals surface area (Å²) in [5.74, 6) is -0.0709. The van der Waals surface area contributed by atoms with Crippen LogP contribution in [0.25, 0.3) is 0 Å². The van der Waals surface area contributed by atoms with Crippen molar-refractivity contribution in [3.05, 3.63) is 24.3 Å². The number of nitrogens with zero attached hydrogens (tertiary/aromatic N) is 1. The summed E-state index contributed by atoms with van der Waals surface area (Å²) in [6, 6.07) is 7.01. The topological polar surface area (TPSA) is 78.6 Å². The fourth-order valence-electron chi connectivity index (χ4n) is 2.18. The summed E-state index contributed by atoms with van der Waals surface area (Å²) < 4.78 is 0. The van der Waals surface area contributed by atoms with Gasteiger partial charge in [-0.1, -0.05) is 0 Å². The van der Waals surface area contributed by atoms with Crippen LogP contribution in [-0.2, 0) is 4.79 Å². The van der Waals surface area contributed by atoms with Crippen molar-refractivity contribution in [2.24, 2.45) is 0 Å². The quantitative estimate of drug-likeness (QED) is 0.628. The maximum atomic E-state index is 11.7. The molecule has 0 radical (unpaired) electrons. The molecule has 92 valence electrons. The van der Waals surface area contributed by atoms with E-state index in [0.717, 1.165) is 5.69 Å². The Morgan fingerprint density at radius 3 is 2.71 bits per heavy atom. The van der Waals surface area contributed by atoms with Gasteiger partial charge in [-0.05, 0) is 24.3 Å². The smallest absolute Gasteiger partial charge is 0.242 e. The molecule has 1 aromatic carbocycles. The largest absolute Gasteiger partial charge is 0.399 e. The average molecular weight is 235 g/mol. The van der Waals surface area contributed by atoms with E-state index in [0.29, 0.717) is 18.7 Å². The maximum absolute atomic E-state index is 11.7. The second-order valence-corrected chi connectivity index (χ2v) is 4.26. The van der Waals surface area contributed by atoms with Crippen molar-refractivity contribution in [1.82, 2.24) is 5.32 Å². The predicted octanol–water partition coefficient (Wildman–Crippen LogP) is -0.0456. The highest BCUT2D eigenvalue weighted by atomic mass is 16.3. The van der Waals surface area contributed by atoms with Crippen molar-refractivity contribution in [1.29, 1.82) is 0 Å². The number of anilines is 2. The number of carbonyl (C=O) groups excluding carboxylic acids is 1. The van der Waals surface area contributed by atoms with Crippen LogP contribution in [0.15, 0.2) is 24.3 Å². The van der Waals surface area contributed by atoms with Gasteiger partial charge in [0.25, 0.3) is 0 Å². The van der Waals surface area contributed by atoms with Gasteiger partial charge >= 0.3 is 0 Å². The van der Waals surface area contributed by atoms with E-state index in [4.69, 9.17) is 5.73 Å². The van der Waals surface area contributed by atoms with E-state index >= 15 is 0 Å². The summed E-state index contributed by atoms with van der Waals surface area (Å²) in [5, 5.41) is 12.3. The zero-order valence-electron chi connectivity index (χ0n) is 9.76. The van der Waals surface area contributed by atoms with E-state index in [1.165, 1.54) is 0 Å². The van der Waals surface area contributed by atoms with Crippen molar-refractivity contribution in [3.8, 4) is 0 Å². The summed E-state index contributed by atoms with van der Waals surface area (Å²) in [6.07, 6.45) is -0.000748. The lowest BCUT2D eigenvalue weighted by molar-refractivity contribution is -0.121. The summed E-state index contributed by atoms with van der Waals surface area (Å²) in [4.78, 5) is 13.6. The Hall–Kier alpha value is -1.75. The molecule has 0 aliphatic carbocycles. The second kappa shape index (κ2) is 4.63. The van der Waals surface area contributed by atoms with Crippen molar-refractivity contribution in [2.45, 2.75) is 18.6 Å². The third-order valence-corrected chi connectivity index (χ3v) is 3.05. The Morgan fingerprint density at radius 1 is 1.47 bits per heavy atom. The summed E-state index contributed by atoms with van der Waals surface area (Å²) in [7, 11) is 1.61. The number of β-amino-alcohol motifs (C(OH)–C–C–N with tert-alkyl or cyclic N) is 1. The van der Waals surface area contributed by atoms with Gasteiger partial charge in [0, 0.05) is 31.4 Å². The maximum Gasteiger partial charge on any atom is 0.242 e. The predicted molar refractivity (Wildman–Crippen MR) is 66.7 cm³/mol. The molecular formula is C12H17N3O2. The molecule has 1 amide bonds. The number of hydrogen-bond donors (Lipinski definition) is 3. The highest BCUT2D eigenvalue weighted by molar-refractivity contribution is 5.85. The lowest BCUT2D eigenvalue weighted by Crippen LogP contribution is -2.41. The van der Waals surface area contributed by atoms with Crippen molar-refractivity contribution < 1.29 is 9.90 Å². The zero-order valence-corrected chi connectivity index (χ0v) is 9.76. The monoisotopic (exact) mass is 235 g/mol. The highest BCUT2D eigenvalue weighted by Crippen LogP contribution is 2.26. The molecule has 1 heterocycles. The van der Waals surface area contributed by atoms with Crippen LogP contribution in [0.2, 0.25) is 0 Å². The number of nitrogens with one attached hydrogen (secondary N) is 1. The summed E-state index contributed by atoms with van der Waals surface area (Å²) in [5.41, 5.74) is 7.22.